The first-order valence-electron chi connectivity index (χ1n) is 4.34. The normalized spacial score (nSPS) is 41.2. The molecule has 0 amide bonds. The first-order valence-corrected chi connectivity index (χ1v) is 5.50. The maximum absolute atomic E-state index is 9.78. The molecule has 2 nitrogen and oxygen atoms in total. The summed E-state index contributed by atoms with van der Waals surface area (Å²) >= 11 is 1.96. The predicted molar refractivity (Wildman–Crippen MR) is 55.2 cm³/mol. The molecule has 1 spiro atoms. The number of hydrogen-bond acceptors (Lipinski definition) is 3. The van der Waals surface area contributed by atoms with Crippen molar-refractivity contribution in [3.8, 4) is 0 Å². The van der Waals surface area contributed by atoms with Crippen LogP contribution in [0.3, 0.4) is 0 Å². The zero-order valence-electron chi connectivity index (χ0n) is 7.08. The minimum atomic E-state index is -0.0914. The molecule has 2 fully saturated rings. The number of aliphatic hydroxyl groups excluding tert-OH is 1. The van der Waals surface area contributed by atoms with E-state index < -0.39 is 0 Å². The lowest BCUT2D eigenvalue weighted by atomic mass is 9.85. The number of thioether (sulfide) groups is 1. The molecule has 12 heavy (non-hydrogen) atoms. The number of halogens is 1. The quantitative estimate of drug-likeness (QED) is 0.625. The third kappa shape index (κ3) is 1.74. The first kappa shape index (κ1) is 10.6. The SMILES string of the molecule is Cl.OC1CCCNC12CCSC2. The summed E-state index contributed by atoms with van der Waals surface area (Å²) in [7, 11) is 0. The third-order valence-corrected chi connectivity index (χ3v) is 4.03. The topological polar surface area (TPSA) is 32.3 Å². The molecule has 0 saturated carbocycles. The second-order valence-corrected chi connectivity index (χ2v) is 4.65. The maximum atomic E-state index is 9.78. The molecule has 4 heteroatoms. The molecular formula is C8H16ClNOS. The van der Waals surface area contributed by atoms with Crippen LogP contribution in [0.4, 0.5) is 0 Å². The molecule has 2 atom stereocenters. The van der Waals surface area contributed by atoms with Crippen LogP contribution in [0.15, 0.2) is 0 Å². The molecule has 2 heterocycles. The molecule has 2 aliphatic heterocycles. The molecule has 2 aliphatic rings. The van der Waals surface area contributed by atoms with Crippen molar-refractivity contribution in [3.63, 3.8) is 0 Å². The van der Waals surface area contributed by atoms with Crippen molar-refractivity contribution in [2.75, 3.05) is 18.1 Å². The minimum absolute atomic E-state index is 0. The third-order valence-electron chi connectivity index (χ3n) is 2.82. The van der Waals surface area contributed by atoms with E-state index in [1.54, 1.807) is 0 Å². The van der Waals surface area contributed by atoms with Gasteiger partial charge in [-0.25, -0.2) is 0 Å². The van der Waals surface area contributed by atoms with Gasteiger partial charge in [-0.15, -0.1) is 12.4 Å². The van der Waals surface area contributed by atoms with E-state index in [0.717, 1.165) is 31.6 Å². The van der Waals surface area contributed by atoms with Gasteiger partial charge in [0.15, 0.2) is 0 Å². The Morgan fingerprint density at radius 3 is 2.92 bits per heavy atom. The van der Waals surface area contributed by atoms with Crippen molar-refractivity contribution in [3.05, 3.63) is 0 Å². The average Bonchev–Trinajstić information content (AvgIpc) is 2.46. The van der Waals surface area contributed by atoms with Crippen LogP contribution in [0, 0.1) is 0 Å². The van der Waals surface area contributed by atoms with E-state index in [1.165, 1.54) is 5.75 Å². The van der Waals surface area contributed by atoms with Crippen molar-refractivity contribution in [2.24, 2.45) is 0 Å². The Morgan fingerprint density at radius 1 is 1.50 bits per heavy atom. The Bertz CT molecular complexity index is 150. The molecule has 72 valence electrons. The van der Waals surface area contributed by atoms with Crippen LogP contribution in [-0.2, 0) is 0 Å². The molecular weight excluding hydrogens is 194 g/mol. The smallest absolute Gasteiger partial charge is 0.0730 e. The van der Waals surface area contributed by atoms with Gasteiger partial charge in [-0.05, 0) is 31.6 Å². The highest BCUT2D eigenvalue weighted by atomic mass is 35.5. The Balaban J connectivity index is 0.000000720. The van der Waals surface area contributed by atoms with E-state index >= 15 is 0 Å². The summed E-state index contributed by atoms with van der Waals surface area (Å²) in [5, 5.41) is 13.3. The van der Waals surface area contributed by atoms with Crippen LogP contribution >= 0.6 is 24.2 Å². The zero-order chi connectivity index (χ0) is 7.73. The Kier molecular flexibility index (Phi) is 3.71. The zero-order valence-corrected chi connectivity index (χ0v) is 8.72. The Hall–Kier alpha value is 0.560. The highest BCUT2D eigenvalue weighted by Crippen LogP contribution is 2.34. The molecule has 2 rings (SSSR count). The van der Waals surface area contributed by atoms with Crippen molar-refractivity contribution >= 4 is 24.2 Å². The highest BCUT2D eigenvalue weighted by molar-refractivity contribution is 7.99. The van der Waals surface area contributed by atoms with E-state index in [4.69, 9.17) is 0 Å². The average molecular weight is 210 g/mol. The lowest BCUT2D eigenvalue weighted by molar-refractivity contribution is 0.0448. The Morgan fingerprint density at radius 2 is 2.33 bits per heavy atom. The van der Waals surface area contributed by atoms with E-state index in [1.807, 2.05) is 11.8 Å². The standard InChI is InChI=1S/C8H15NOS.ClH/c10-7-2-1-4-9-8(7)3-5-11-6-8;/h7,9-10H,1-6H2;1H. The van der Waals surface area contributed by atoms with Crippen molar-refractivity contribution in [1.82, 2.24) is 5.32 Å². The van der Waals surface area contributed by atoms with Gasteiger partial charge in [0, 0.05) is 5.75 Å². The summed E-state index contributed by atoms with van der Waals surface area (Å²) in [6, 6.07) is 0. The Labute approximate surface area is 83.9 Å². The van der Waals surface area contributed by atoms with Crippen LogP contribution in [-0.4, -0.2) is 34.8 Å². The summed E-state index contributed by atoms with van der Waals surface area (Å²) in [4.78, 5) is 0. The molecule has 2 saturated heterocycles. The molecule has 0 bridgehead atoms. The molecule has 0 radical (unpaired) electrons. The van der Waals surface area contributed by atoms with Crippen LogP contribution in [0.1, 0.15) is 19.3 Å². The number of piperidine rings is 1. The number of rotatable bonds is 0. The molecule has 0 aliphatic carbocycles. The van der Waals surface area contributed by atoms with E-state index in [9.17, 15) is 5.11 Å². The molecule has 0 aromatic carbocycles. The van der Waals surface area contributed by atoms with Gasteiger partial charge in [-0.1, -0.05) is 0 Å². The second kappa shape index (κ2) is 4.18. The maximum Gasteiger partial charge on any atom is 0.0730 e. The van der Waals surface area contributed by atoms with Gasteiger partial charge < -0.3 is 10.4 Å². The summed E-state index contributed by atoms with van der Waals surface area (Å²) in [6.45, 7) is 1.09. The fraction of sp³-hybridized carbons (Fsp3) is 1.00. The summed E-state index contributed by atoms with van der Waals surface area (Å²) in [5.41, 5.74) is 0.100. The van der Waals surface area contributed by atoms with E-state index in [-0.39, 0.29) is 24.0 Å². The van der Waals surface area contributed by atoms with Gasteiger partial charge in [0.05, 0.1) is 11.6 Å². The van der Waals surface area contributed by atoms with E-state index in [0.29, 0.717) is 0 Å². The highest BCUT2D eigenvalue weighted by Gasteiger charge is 2.42. The first-order chi connectivity index (χ1) is 5.33. The lowest BCUT2D eigenvalue weighted by Crippen LogP contribution is -2.58. The van der Waals surface area contributed by atoms with Crippen molar-refractivity contribution in [1.29, 1.82) is 0 Å². The number of nitrogens with one attached hydrogen (secondary N) is 1. The van der Waals surface area contributed by atoms with E-state index in [2.05, 4.69) is 5.32 Å². The summed E-state index contributed by atoms with van der Waals surface area (Å²) in [6.07, 6.45) is 3.19. The van der Waals surface area contributed by atoms with Gasteiger partial charge in [0.25, 0.3) is 0 Å². The predicted octanol–water partition coefficient (Wildman–Crippen LogP) is 1.03. The second-order valence-electron chi connectivity index (χ2n) is 3.54. The van der Waals surface area contributed by atoms with Crippen LogP contribution < -0.4 is 5.32 Å². The van der Waals surface area contributed by atoms with Crippen LogP contribution in [0.5, 0.6) is 0 Å². The molecule has 2 unspecified atom stereocenters. The monoisotopic (exact) mass is 209 g/mol. The van der Waals surface area contributed by atoms with Gasteiger partial charge in [0.2, 0.25) is 0 Å². The molecule has 2 N–H and O–H groups in total. The van der Waals surface area contributed by atoms with Gasteiger partial charge in [-0.2, -0.15) is 11.8 Å². The van der Waals surface area contributed by atoms with Crippen LogP contribution in [0.25, 0.3) is 0 Å². The van der Waals surface area contributed by atoms with Gasteiger partial charge >= 0.3 is 0 Å². The van der Waals surface area contributed by atoms with Gasteiger partial charge in [-0.3, -0.25) is 0 Å². The minimum Gasteiger partial charge on any atom is -0.391 e. The largest absolute Gasteiger partial charge is 0.391 e. The van der Waals surface area contributed by atoms with Gasteiger partial charge in [0.1, 0.15) is 0 Å². The summed E-state index contributed by atoms with van der Waals surface area (Å²) in [5.74, 6) is 2.32. The van der Waals surface area contributed by atoms with Crippen LogP contribution in [0.2, 0.25) is 0 Å². The summed E-state index contributed by atoms with van der Waals surface area (Å²) < 4.78 is 0. The fourth-order valence-electron chi connectivity index (χ4n) is 2.01. The molecule has 0 aromatic rings. The number of hydrogen-bond donors (Lipinski definition) is 2. The van der Waals surface area contributed by atoms with Crippen molar-refractivity contribution in [2.45, 2.75) is 30.9 Å². The lowest BCUT2D eigenvalue weighted by Gasteiger charge is -2.38. The fourth-order valence-corrected chi connectivity index (χ4v) is 3.47. The van der Waals surface area contributed by atoms with Crippen molar-refractivity contribution < 1.29 is 5.11 Å². The molecule has 0 aromatic heterocycles. The number of aliphatic hydroxyl groups is 1.